The van der Waals surface area contributed by atoms with Crippen molar-refractivity contribution in [2.24, 2.45) is 0 Å². The van der Waals surface area contributed by atoms with Crippen LogP contribution in [-0.4, -0.2) is 29.8 Å². The maximum Gasteiger partial charge on any atom is 0.131 e. The van der Waals surface area contributed by atoms with Crippen molar-refractivity contribution in [3.05, 3.63) is 0 Å². The molecule has 12 heavy (non-hydrogen) atoms. The van der Waals surface area contributed by atoms with Crippen molar-refractivity contribution in [2.75, 3.05) is 19.1 Å². The van der Waals surface area contributed by atoms with E-state index in [0.717, 1.165) is 12.8 Å². The zero-order chi connectivity index (χ0) is 9.23. The van der Waals surface area contributed by atoms with Gasteiger partial charge in [0.2, 0.25) is 0 Å². The summed E-state index contributed by atoms with van der Waals surface area (Å²) in [4.78, 5) is 0. The van der Waals surface area contributed by atoms with E-state index in [1.54, 1.807) is 0 Å². The zero-order valence-corrected chi connectivity index (χ0v) is 8.65. The first kappa shape index (κ1) is 12.5. The Balaban J connectivity index is 3.02. The van der Waals surface area contributed by atoms with Gasteiger partial charge in [0.1, 0.15) is 5.56 Å². The molecule has 1 atom stereocenters. The van der Waals surface area contributed by atoms with E-state index in [-0.39, 0.29) is 12.2 Å². The molecule has 0 aromatic carbocycles. The fourth-order valence-electron chi connectivity index (χ4n) is 0.743. The Hall–Kier alpha value is 0.500. The SMILES string of the molecule is OCCCC(Cl)OCCCCCl. The maximum absolute atomic E-state index is 8.49. The summed E-state index contributed by atoms with van der Waals surface area (Å²) in [5.41, 5.74) is -0.257. The van der Waals surface area contributed by atoms with Crippen molar-refractivity contribution in [3.63, 3.8) is 0 Å². The zero-order valence-electron chi connectivity index (χ0n) is 7.14. The lowest BCUT2D eigenvalue weighted by Crippen LogP contribution is -2.07. The van der Waals surface area contributed by atoms with Crippen LogP contribution in [0.15, 0.2) is 0 Å². The number of ether oxygens (including phenoxy) is 1. The van der Waals surface area contributed by atoms with Gasteiger partial charge in [0.05, 0.1) is 0 Å². The van der Waals surface area contributed by atoms with Crippen molar-refractivity contribution in [2.45, 2.75) is 31.2 Å². The van der Waals surface area contributed by atoms with Crippen LogP contribution in [0.4, 0.5) is 0 Å². The molecule has 0 aromatic heterocycles. The molecule has 0 saturated carbocycles. The number of unbranched alkanes of at least 4 members (excludes halogenated alkanes) is 1. The van der Waals surface area contributed by atoms with Crippen molar-refractivity contribution in [3.8, 4) is 0 Å². The van der Waals surface area contributed by atoms with E-state index in [9.17, 15) is 0 Å². The highest BCUT2D eigenvalue weighted by molar-refractivity contribution is 6.19. The van der Waals surface area contributed by atoms with Crippen molar-refractivity contribution >= 4 is 23.2 Å². The molecule has 0 rings (SSSR count). The van der Waals surface area contributed by atoms with Gasteiger partial charge in [-0.2, -0.15) is 0 Å². The van der Waals surface area contributed by atoms with E-state index in [2.05, 4.69) is 0 Å². The van der Waals surface area contributed by atoms with Gasteiger partial charge >= 0.3 is 0 Å². The molecule has 1 N–H and O–H groups in total. The largest absolute Gasteiger partial charge is 0.396 e. The summed E-state index contributed by atoms with van der Waals surface area (Å²) < 4.78 is 5.24. The Morgan fingerprint density at radius 3 is 2.58 bits per heavy atom. The Kier molecular flexibility index (Phi) is 9.99. The van der Waals surface area contributed by atoms with E-state index >= 15 is 0 Å². The molecular formula is C8H16Cl2O2. The van der Waals surface area contributed by atoms with Gasteiger partial charge in [-0.15, -0.1) is 11.6 Å². The molecule has 4 heteroatoms. The number of hydrogen-bond acceptors (Lipinski definition) is 2. The van der Waals surface area contributed by atoms with Gasteiger partial charge in [-0.1, -0.05) is 11.6 Å². The number of aliphatic hydroxyl groups is 1. The molecule has 1 unspecified atom stereocenters. The molecule has 0 fully saturated rings. The third-order valence-electron chi connectivity index (χ3n) is 1.42. The van der Waals surface area contributed by atoms with Crippen LogP contribution in [0, 0.1) is 0 Å². The minimum absolute atomic E-state index is 0.175. The summed E-state index contributed by atoms with van der Waals surface area (Å²) in [5, 5.41) is 8.49. The van der Waals surface area contributed by atoms with E-state index in [1.807, 2.05) is 0 Å². The number of hydrogen-bond donors (Lipinski definition) is 1. The Morgan fingerprint density at radius 1 is 1.25 bits per heavy atom. The second-order valence-electron chi connectivity index (χ2n) is 2.54. The number of rotatable bonds is 8. The molecule has 2 nitrogen and oxygen atoms in total. The molecule has 0 aliphatic rings. The summed E-state index contributed by atoms with van der Waals surface area (Å²) in [5.74, 6) is 0.674. The van der Waals surface area contributed by atoms with E-state index in [0.29, 0.717) is 25.3 Å². The monoisotopic (exact) mass is 214 g/mol. The Bertz CT molecular complexity index is 91.1. The van der Waals surface area contributed by atoms with Crippen molar-refractivity contribution in [1.29, 1.82) is 0 Å². The summed E-state index contributed by atoms with van der Waals surface area (Å²) in [6.45, 7) is 0.834. The molecule has 0 aliphatic heterocycles. The third-order valence-corrected chi connectivity index (χ3v) is 2.03. The molecule has 0 heterocycles. The summed E-state index contributed by atoms with van der Waals surface area (Å²) in [6.07, 6.45) is 3.32. The van der Waals surface area contributed by atoms with Crippen molar-refractivity contribution in [1.82, 2.24) is 0 Å². The topological polar surface area (TPSA) is 29.5 Å². The highest BCUT2D eigenvalue weighted by atomic mass is 35.5. The van der Waals surface area contributed by atoms with Gasteiger partial charge in [0, 0.05) is 19.1 Å². The lowest BCUT2D eigenvalue weighted by Gasteiger charge is -2.09. The van der Waals surface area contributed by atoms with Crippen LogP contribution in [0.2, 0.25) is 0 Å². The quantitative estimate of drug-likeness (QED) is 0.497. The van der Waals surface area contributed by atoms with Gasteiger partial charge in [-0.3, -0.25) is 0 Å². The predicted octanol–water partition coefficient (Wildman–Crippen LogP) is 2.36. The molecule has 0 aliphatic carbocycles. The Labute approximate surface area is 83.8 Å². The third kappa shape index (κ3) is 8.60. The lowest BCUT2D eigenvalue weighted by atomic mass is 10.3. The Morgan fingerprint density at radius 2 is 2.00 bits per heavy atom. The van der Waals surface area contributed by atoms with Crippen LogP contribution < -0.4 is 0 Å². The minimum Gasteiger partial charge on any atom is -0.396 e. The normalized spacial score (nSPS) is 13.2. The second kappa shape index (κ2) is 9.59. The summed E-state index contributed by atoms with van der Waals surface area (Å²) in [7, 11) is 0. The van der Waals surface area contributed by atoms with Crippen LogP contribution in [-0.2, 0) is 4.74 Å². The van der Waals surface area contributed by atoms with Gasteiger partial charge < -0.3 is 9.84 Å². The van der Waals surface area contributed by atoms with Crippen LogP contribution in [0.3, 0.4) is 0 Å². The summed E-state index contributed by atoms with van der Waals surface area (Å²) in [6, 6.07) is 0. The molecule has 0 amide bonds. The van der Waals surface area contributed by atoms with Gasteiger partial charge in [0.25, 0.3) is 0 Å². The van der Waals surface area contributed by atoms with Crippen LogP contribution in [0.1, 0.15) is 25.7 Å². The molecule has 0 aromatic rings. The average Bonchev–Trinajstić information content (AvgIpc) is 2.09. The first-order chi connectivity index (χ1) is 5.81. The number of halogens is 2. The van der Waals surface area contributed by atoms with Gasteiger partial charge in [-0.25, -0.2) is 0 Å². The van der Waals surface area contributed by atoms with E-state index in [4.69, 9.17) is 33.0 Å². The smallest absolute Gasteiger partial charge is 0.131 e. The van der Waals surface area contributed by atoms with Crippen LogP contribution in [0.5, 0.6) is 0 Å². The van der Waals surface area contributed by atoms with Crippen LogP contribution in [0.25, 0.3) is 0 Å². The fraction of sp³-hybridized carbons (Fsp3) is 1.00. The maximum atomic E-state index is 8.49. The van der Waals surface area contributed by atoms with E-state index in [1.165, 1.54) is 0 Å². The minimum atomic E-state index is -0.257. The second-order valence-corrected chi connectivity index (χ2v) is 3.41. The van der Waals surface area contributed by atoms with Crippen LogP contribution >= 0.6 is 23.2 Å². The van der Waals surface area contributed by atoms with Crippen molar-refractivity contribution < 1.29 is 9.84 Å². The van der Waals surface area contributed by atoms with Gasteiger partial charge in [0.15, 0.2) is 0 Å². The fourth-order valence-corrected chi connectivity index (χ4v) is 1.18. The van der Waals surface area contributed by atoms with E-state index < -0.39 is 0 Å². The highest BCUT2D eigenvalue weighted by Gasteiger charge is 2.02. The lowest BCUT2D eigenvalue weighted by molar-refractivity contribution is 0.0937. The number of alkyl halides is 2. The first-order valence-corrected chi connectivity index (χ1v) is 5.21. The summed E-state index contributed by atoms with van der Waals surface area (Å²) >= 11 is 11.3. The first-order valence-electron chi connectivity index (χ1n) is 4.23. The molecule has 0 spiro atoms. The molecule has 0 saturated heterocycles. The molecular weight excluding hydrogens is 199 g/mol. The standard InChI is InChI=1S/C8H16Cl2O2/c9-5-1-2-7-12-8(10)4-3-6-11/h8,11H,1-7H2. The highest BCUT2D eigenvalue weighted by Crippen LogP contribution is 2.07. The predicted molar refractivity (Wildman–Crippen MR) is 51.9 cm³/mol. The van der Waals surface area contributed by atoms with Gasteiger partial charge in [-0.05, 0) is 25.7 Å². The number of aliphatic hydroxyl groups excluding tert-OH is 1. The molecule has 0 radical (unpaired) electrons. The average molecular weight is 215 g/mol. The molecule has 74 valence electrons. The molecule has 0 bridgehead atoms.